The summed E-state index contributed by atoms with van der Waals surface area (Å²) >= 11 is 0. The van der Waals surface area contributed by atoms with Gasteiger partial charge in [-0.3, -0.25) is 4.98 Å². The van der Waals surface area contributed by atoms with Crippen molar-refractivity contribution < 1.29 is 9.21 Å². The number of rotatable bonds is 1. The molecule has 0 bridgehead atoms. The van der Waals surface area contributed by atoms with Crippen LogP contribution in [0.3, 0.4) is 0 Å². The molecule has 1 aromatic heterocycles. The third-order valence-electron chi connectivity index (χ3n) is 0.667. The van der Waals surface area contributed by atoms with E-state index < -0.39 is 5.76 Å². The average molecular weight is 126 g/mol. The fourth-order valence-corrected chi connectivity index (χ4v) is 0.375. The number of nitrogens with zero attached hydrogens (tertiary/aromatic N) is 1. The topological polar surface area (TPSA) is 75.4 Å². The summed E-state index contributed by atoms with van der Waals surface area (Å²) in [5.74, 6) is -0.695. The molecule has 0 unspecified atom stereocenters. The second kappa shape index (κ2) is 2.11. The van der Waals surface area contributed by atoms with Gasteiger partial charge < -0.3 is 4.42 Å². The Morgan fingerprint density at radius 1 is 1.78 bits per heavy atom. The van der Waals surface area contributed by atoms with E-state index in [1.54, 1.807) is 0 Å². The number of nitrogens with one attached hydrogen (secondary N) is 1. The number of aromatic nitrogens is 1. The van der Waals surface area contributed by atoms with Crippen LogP contribution in [-0.2, 0) is 4.79 Å². The summed E-state index contributed by atoms with van der Waals surface area (Å²) in [5.41, 5.74) is 0. The number of hydrogen-bond donors (Lipinski definition) is 1. The van der Waals surface area contributed by atoms with Crippen molar-refractivity contribution in [1.82, 2.24) is 4.98 Å². The molecule has 0 atom stereocenters. The predicted octanol–water partition coefficient (Wildman–Crippen LogP) is -0.0648. The van der Waals surface area contributed by atoms with Crippen LogP contribution in [0.4, 0.5) is 5.88 Å². The summed E-state index contributed by atoms with van der Waals surface area (Å²) in [4.78, 5) is 24.9. The number of hydrogen-bond acceptors (Lipinski definition) is 4. The van der Waals surface area contributed by atoms with Gasteiger partial charge in [-0.15, -0.1) is 4.99 Å². The lowest BCUT2D eigenvalue weighted by atomic mass is 10.8. The number of aliphatic imine (C=N–C) groups is 1. The fraction of sp³-hybridized carbons (Fsp3) is 0. The molecule has 1 rings (SSSR count). The summed E-state index contributed by atoms with van der Waals surface area (Å²) in [6, 6.07) is 0. The van der Waals surface area contributed by atoms with Gasteiger partial charge in [-0.2, -0.15) is 0 Å². The lowest BCUT2D eigenvalue weighted by Crippen LogP contribution is -1.92. The van der Waals surface area contributed by atoms with Crippen LogP contribution in [0.1, 0.15) is 0 Å². The van der Waals surface area contributed by atoms with Crippen molar-refractivity contribution in [2.24, 2.45) is 4.99 Å². The minimum Gasteiger partial charge on any atom is -0.389 e. The van der Waals surface area contributed by atoms with Gasteiger partial charge in [0.1, 0.15) is 0 Å². The highest BCUT2D eigenvalue weighted by Gasteiger charge is 1.91. The Balaban J connectivity index is 3.12. The van der Waals surface area contributed by atoms with E-state index >= 15 is 0 Å². The molecule has 5 heteroatoms. The minimum absolute atomic E-state index is 0.0602. The first-order valence-electron chi connectivity index (χ1n) is 2.09. The molecule has 0 amide bonds. The predicted molar refractivity (Wildman–Crippen MR) is 27.1 cm³/mol. The zero-order valence-electron chi connectivity index (χ0n) is 4.25. The molecule has 1 heterocycles. The molecule has 0 aliphatic carbocycles. The third kappa shape index (κ3) is 1.14. The van der Waals surface area contributed by atoms with Crippen LogP contribution in [0.25, 0.3) is 0 Å². The van der Waals surface area contributed by atoms with Crippen molar-refractivity contribution in [2.75, 3.05) is 0 Å². The van der Waals surface area contributed by atoms with E-state index in [1.165, 1.54) is 12.3 Å². The minimum atomic E-state index is -0.635. The maximum atomic E-state index is 10.2. The van der Waals surface area contributed by atoms with Gasteiger partial charge in [-0.05, 0) is 0 Å². The van der Waals surface area contributed by atoms with Crippen molar-refractivity contribution in [3.05, 3.63) is 16.7 Å². The maximum Gasteiger partial charge on any atom is 0.418 e. The smallest absolute Gasteiger partial charge is 0.389 e. The van der Waals surface area contributed by atoms with E-state index in [4.69, 9.17) is 0 Å². The Labute approximate surface area is 49.0 Å². The Morgan fingerprint density at radius 2 is 2.56 bits per heavy atom. The molecule has 1 aromatic rings. The first-order chi connectivity index (χ1) is 4.33. The molecule has 0 radical (unpaired) electrons. The average Bonchev–Trinajstić information content (AvgIpc) is 2.17. The molecule has 0 aromatic carbocycles. The van der Waals surface area contributed by atoms with Gasteiger partial charge in [-0.25, -0.2) is 9.59 Å². The molecule has 0 aliphatic heterocycles. The van der Waals surface area contributed by atoms with Crippen molar-refractivity contribution in [3.63, 3.8) is 0 Å². The largest absolute Gasteiger partial charge is 0.418 e. The van der Waals surface area contributed by atoms with Crippen LogP contribution in [0.15, 0.2) is 20.4 Å². The molecule has 0 fully saturated rings. The van der Waals surface area contributed by atoms with Crippen molar-refractivity contribution in [3.8, 4) is 0 Å². The second-order valence-corrected chi connectivity index (χ2v) is 1.22. The highest BCUT2D eigenvalue weighted by atomic mass is 16.4. The molecule has 0 aliphatic rings. The SMILES string of the molecule is O=C=Nc1c[nH]c(=O)o1. The zero-order valence-corrected chi connectivity index (χ0v) is 4.25. The van der Waals surface area contributed by atoms with Crippen LogP contribution < -0.4 is 5.76 Å². The highest BCUT2D eigenvalue weighted by Crippen LogP contribution is 2.02. The quantitative estimate of drug-likeness (QED) is 0.423. The number of H-pyrrole nitrogens is 1. The summed E-state index contributed by atoms with van der Waals surface area (Å²) in [5, 5.41) is 0. The summed E-state index contributed by atoms with van der Waals surface area (Å²) in [6.45, 7) is 0. The van der Waals surface area contributed by atoms with Crippen LogP contribution in [0, 0.1) is 0 Å². The van der Waals surface area contributed by atoms with Gasteiger partial charge in [0.25, 0.3) is 5.88 Å². The Bertz CT molecular complexity index is 291. The van der Waals surface area contributed by atoms with E-state index in [9.17, 15) is 9.59 Å². The molecule has 0 saturated heterocycles. The maximum absolute atomic E-state index is 10.2. The highest BCUT2D eigenvalue weighted by molar-refractivity contribution is 5.41. The number of isocyanates is 1. The number of oxazole rings is 1. The van der Waals surface area contributed by atoms with Gasteiger partial charge in [0.05, 0.1) is 6.20 Å². The van der Waals surface area contributed by atoms with Crippen molar-refractivity contribution >= 4 is 12.0 Å². The van der Waals surface area contributed by atoms with E-state index in [0.717, 1.165) is 0 Å². The Hall–Kier alpha value is -1.61. The Kier molecular flexibility index (Phi) is 1.29. The molecule has 9 heavy (non-hydrogen) atoms. The molecule has 0 spiro atoms. The molecule has 0 saturated carbocycles. The van der Waals surface area contributed by atoms with E-state index in [0.29, 0.717) is 0 Å². The summed E-state index contributed by atoms with van der Waals surface area (Å²) in [7, 11) is 0. The summed E-state index contributed by atoms with van der Waals surface area (Å²) in [6.07, 6.45) is 2.39. The van der Waals surface area contributed by atoms with Gasteiger partial charge in [0.2, 0.25) is 6.08 Å². The molecular formula is C4H2N2O3. The monoisotopic (exact) mass is 126 g/mol. The number of carbonyl (C=O) groups excluding carboxylic acids is 1. The molecule has 46 valence electrons. The van der Waals surface area contributed by atoms with Crippen LogP contribution in [-0.4, -0.2) is 11.1 Å². The standard InChI is InChI=1S/C4H2N2O3/c7-2-6-3-1-5-4(8)9-3/h1H,(H,5,8). The zero-order chi connectivity index (χ0) is 6.69. The van der Waals surface area contributed by atoms with Gasteiger partial charge in [-0.1, -0.05) is 0 Å². The first kappa shape index (κ1) is 5.53. The third-order valence-corrected chi connectivity index (χ3v) is 0.667. The summed E-state index contributed by atoms with van der Waals surface area (Å²) < 4.78 is 4.28. The number of aromatic amines is 1. The van der Waals surface area contributed by atoms with Gasteiger partial charge >= 0.3 is 5.76 Å². The fourth-order valence-electron chi connectivity index (χ4n) is 0.375. The first-order valence-corrected chi connectivity index (χ1v) is 2.09. The second-order valence-electron chi connectivity index (χ2n) is 1.22. The van der Waals surface area contributed by atoms with Crippen LogP contribution in [0.2, 0.25) is 0 Å². The molecule has 1 N–H and O–H groups in total. The van der Waals surface area contributed by atoms with Crippen molar-refractivity contribution in [2.45, 2.75) is 0 Å². The lowest BCUT2D eigenvalue weighted by Gasteiger charge is -1.68. The Morgan fingerprint density at radius 3 is 3.00 bits per heavy atom. The van der Waals surface area contributed by atoms with E-state index in [-0.39, 0.29) is 5.88 Å². The van der Waals surface area contributed by atoms with Gasteiger partial charge in [0, 0.05) is 0 Å². The van der Waals surface area contributed by atoms with Crippen LogP contribution in [0.5, 0.6) is 0 Å². The molecule has 5 nitrogen and oxygen atoms in total. The van der Waals surface area contributed by atoms with E-state index in [1.807, 2.05) is 0 Å². The molecular weight excluding hydrogens is 124 g/mol. The lowest BCUT2D eigenvalue weighted by molar-refractivity contribution is 0.521. The van der Waals surface area contributed by atoms with Crippen molar-refractivity contribution in [1.29, 1.82) is 0 Å². The van der Waals surface area contributed by atoms with Crippen LogP contribution >= 0.6 is 0 Å². The normalized spacial score (nSPS) is 8.44. The van der Waals surface area contributed by atoms with E-state index in [2.05, 4.69) is 14.4 Å². The van der Waals surface area contributed by atoms with Gasteiger partial charge in [0.15, 0.2) is 0 Å².